The van der Waals surface area contributed by atoms with Crippen LogP contribution in [0.1, 0.15) is 6.92 Å². The lowest BCUT2D eigenvalue weighted by molar-refractivity contribution is 0.649. The molecule has 0 heterocycles. The van der Waals surface area contributed by atoms with Crippen LogP contribution < -0.4 is 0 Å². The first kappa shape index (κ1) is 7.08. The molecule has 0 bridgehead atoms. The van der Waals surface area contributed by atoms with Crippen molar-refractivity contribution in [2.75, 3.05) is 0 Å². The van der Waals surface area contributed by atoms with Gasteiger partial charge in [0.1, 0.15) is 5.83 Å². The van der Waals surface area contributed by atoms with Gasteiger partial charge in [-0.05, 0) is 19.2 Å². The summed E-state index contributed by atoms with van der Waals surface area (Å²) in [5.74, 6) is -0.417. The van der Waals surface area contributed by atoms with Gasteiger partial charge in [0.25, 0.3) is 0 Å². The Morgan fingerprint density at radius 3 is 2.38 bits per heavy atom. The average molecular weight is 113 g/mol. The summed E-state index contributed by atoms with van der Waals surface area (Å²) in [5, 5.41) is 0. The zero-order valence-corrected chi connectivity index (χ0v) is 4.82. The van der Waals surface area contributed by atoms with Crippen molar-refractivity contribution in [1.82, 2.24) is 0 Å². The van der Waals surface area contributed by atoms with Gasteiger partial charge in [-0.15, -0.1) is 0 Å². The predicted molar refractivity (Wildman–Crippen MR) is 33.6 cm³/mol. The van der Waals surface area contributed by atoms with Gasteiger partial charge >= 0.3 is 0 Å². The van der Waals surface area contributed by atoms with Crippen molar-refractivity contribution >= 4 is 6.72 Å². The molecule has 0 aromatic heterocycles. The second-order valence-electron chi connectivity index (χ2n) is 1.44. The number of rotatable bonds is 2. The molecule has 0 atom stereocenters. The normalized spacial score (nSPS) is 11.0. The molecule has 0 aliphatic carbocycles. The van der Waals surface area contributed by atoms with Crippen molar-refractivity contribution in [3.05, 3.63) is 24.2 Å². The second kappa shape index (κ2) is 3.13. The minimum absolute atomic E-state index is 0.373. The number of halogens is 1. The average Bonchev–Trinajstić information content (AvgIpc) is 1.67. The summed E-state index contributed by atoms with van der Waals surface area (Å²) < 4.78 is 12.2. The van der Waals surface area contributed by atoms with E-state index in [1.165, 1.54) is 0 Å². The highest BCUT2D eigenvalue weighted by molar-refractivity contribution is 5.28. The maximum atomic E-state index is 12.2. The Balaban J connectivity index is 3.99. The molecule has 0 amide bonds. The Morgan fingerprint density at radius 2 is 2.25 bits per heavy atom. The topological polar surface area (TPSA) is 12.4 Å². The van der Waals surface area contributed by atoms with E-state index in [-0.39, 0.29) is 0 Å². The lowest BCUT2D eigenvalue weighted by atomic mass is 10.3. The Hall–Kier alpha value is -0.920. The first-order chi connectivity index (χ1) is 3.68. The summed E-state index contributed by atoms with van der Waals surface area (Å²) in [7, 11) is 0. The van der Waals surface area contributed by atoms with Crippen molar-refractivity contribution in [3.63, 3.8) is 0 Å². The Morgan fingerprint density at radius 1 is 1.75 bits per heavy atom. The van der Waals surface area contributed by atoms with E-state index in [2.05, 4.69) is 18.3 Å². The highest BCUT2D eigenvalue weighted by atomic mass is 19.1. The maximum absolute atomic E-state index is 12.2. The van der Waals surface area contributed by atoms with Crippen LogP contribution >= 0.6 is 0 Å². The van der Waals surface area contributed by atoms with E-state index in [0.29, 0.717) is 5.57 Å². The highest BCUT2D eigenvalue weighted by Gasteiger charge is 1.89. The molecule has 0 saturated heterocycles. The van der Waals surface area contributed by atoms with Crippen LogP contribution in [0.15, 0.2) is 29.2 Å². The summed E-state index contributed by atoms with van der Waals surface area (Å²) in [4.78, 5) is 3.21. The molecule has 44 valence electrons. The molecule has 0 spiro atoms. The fourth-order valence-corrected chi connectivity index (χ4v) is 0.190. The minimum Gasteiger partial charge on any atom is -0.269 e. The third-order valence-electron chi connectivity index (χ3n) is 0.612. The molecule has 0 saturated carbocycles. The Labute approximate surface area is 48.2 Å². The van der Waals surface area contributed by atoms with Crippen LogP contribution in [0.3, 0.4) is 0 Å². The van der Waals surface area contributed by atoms with Crippen molar-refractivity contribution in [2.24, 2.45) is 4.99 Å². The third kappa shape index (κ3) is 2.29. The highest BCUT2D eigenvalue weighted by Crippen LogP contribution is 2.06. The standard InChI is InChI=1S/C6H8FN/c1-5(2)6(7)4-8-3/h4H,1,3H2,2H3/b6-4+. The summed E-state index contributed by atoms with van der Waals surface area (Å²) >= 11 is 0. The van der Waals surface area contributed by atoms with Gasteiger partial charge in [-0.25, -0.2) is 4.39 Å². The van der Waals surface area contributed by atoms with Gasteiger partial charge in [0.05, 0.1) is 6.20 Å². The number of nitrogens with zero attached hydrogens (tertiary/aromatic N) is 1. The number of hydrogen-bond acceptors (Lipinski definition) is 1. The third-order valence-corrected chi connectivity index (χ3v) is 0.612. The fraction of sp³-hybridized carbons (Fsp3) is 0.167. The molecule has 0 fully saturated rings. The molecular formula is C6H8FN. The molecule has 0 unspecified atom stereocenters. The Bertz CT molecular complexity index is 135. The number of hydrogen-bond donors (Lipinski definition) is 0. The molecular weight excluding hydrogens is 105 g/mol. The second-order valence-corrected chi connectivity index (χ2v) is 1.44. The van der Waals surface area contributed by atoms with Crippen LogP contribution in [-0.2, 0) is 0 Å². The Kier molecular flexibility index (Phi) is 2.77. The van der Waals surface area contributed by atoms with Crippen molar-refractivity contribution in [3.8, 4) is 0 Å². The molecule has 0 aromatic rings. The molecule has 1 nitrogen and oxygen atoms in total. The van der Waals surface area contributed by atoms with E-state index in [1.807, 2.05) is 0 Å². The molecule has 2 heteroatoms. The van der Waals surface area contributed by atoms with Gasteiger partial charge in [-0.2, -0.15) is 0 Å². The lowest BCUT2D eigenvalue weighted by Gasteiger charge is -1.87. The van der Waals surface area contributed by atoms with Gasteiger partial charge in [0, 0.05) is 0 Å². The van der Waals surface area contributed by atoms with E-state index < -0.39 is 5.83 Å². The number of allylic oxidation sites excluding steroid dienone is 2. The summed E-state index contributed by atoms with van der Waals surface area (Å²) in [6.07, 6.45) is 1.03. The first-order valence-corrected chi connectivity index (χ1v) is 2.16. The van der Waals surface area contributed by atoms with E-state index in [0.717, 1.165) is 6.20 Å². The van der Waals surface area contributed by atoms with Crippen LogP contribution in [0.25, 0.3) is 0 Å². The van der Waals surface area contributed by atoms with E-state index in [9.17, 15) is 4.39 Å². The largest absolute Gasteiger partial charge is 0.269 e. The van der Waals surface area contributed by atoms with Gasteiger partial charge in [0.15, 0.2) is 0 Å². The molecule has 8 heavy (non-hydrogen) atoms. The van der Waals surface area contributed by atoms with Crippen LogP contribution in [-0.4, -0.2) is 6.72 Å². The summed E-state index contributed by atoms with van der Waals surface area (Å²) in [6.45, 7) is 7.98. The van der Waals surface area contributed by atoms with Crippen LogP contribution in [0.4, 0.5) is 4.39 Å². The van der Waals surface area contributed by atoms with E-state index >= 15 is 0 Å². The van der Waals surface area contributed by atoms with Gasteiger partial charge in [0.2, 0.25) is 0 Å². The monoisotopic (exact) mass is 113 g/mol. The van der Waals surface area contributed by atoms with Gasteiger partial charge < -0.3 is 0 Å². The molecule has 0 rings (SSSR count). The molecule has 0 N–H and O–H groups in total. The lowest BCUT2D eigenvalue weighted by Crippen LogP contribution is -1.70. The van der Waals surface area contributed by atoms with E-state index in [4.69, 9.17) is 0 Å². The van der Waals surface area contributed by atoms with Crippen molar-refractivity contribution in [1.29, 1.82) is 0 Å². The van der Waals surface area contributed by atoms with Crippen molar-refractivity contribution in [2.45, 2.75) is 6.92 Å². The molecule has 0 aliphatic heterocycles. The summed E-state index contributed by atoms with van der Waals surface area (Å²) in [5.41, 5.74) is 0.373. The van der Waals surface area contributed by atoms with E-state index in [1.54, 1.807) is 6.92 Å². The van der Waals surface area contributed by atoms with Crippen LogP contribution in [0.2, 0.25) is 0 Å². The smallest absolute Gasteiger partial charge is 0.143 e. The number of aliphatic imine (C=N–C) groups is 1. The zero-order valence-electron chi connectivity index (χ0n) is 4.82. The zero-order chi connectivity index (χ0) is 6.57. The first-order valence-electron chi connectivity index (χ1n) is 2.16. The van der Waals surface area contributed by atoms with Gasteiger partial charge in [-0.1, -0.05) is 6.58 Å². The quantitative estimate of drug-likeness (QED) is 0.384. The van der Waals surface area contributed by atoms with Crippen LogP contribution in [0, 0.1) is 0 Å². The SMILES string of the molecule is C=N/C=C(/F)C(=C)C. The van der Waals surface area contributed by atoms with Crippen molar-refractivity contribution < 1.29 is 4.39 Å². The maximum Gasteiger partial charge on any atom is 0.143 e. The van der Waals surface area contributed by atoms with Crippen LogP contribution in [0.5, 0.6) is 0 Å². The predicted octanol–water partition coefficient (Wildman–Crippen LogP) is 2.07. The minimum atomic E-state index is -0.417. The molecule has 0 aliphatic rings. The van der Waals surface area contributed by atoms with Gasteiger partial charge in [-0.3, -0.25) is 4.99 Å². The summed E-state index contributed by atoms with van der Waals surface area (Å²) in [6, 6.07) is 0. The fourth-order valence-electron chi connectivity index (χ4n) is 0.190. The molecule has 0 radical (unpaired) electrons. The molecule has 0 aromatic carbocycles.